The standard InChI is InChI=1S/C16H14F2N4O/c1-8-9(16(23)22(2)3)4-5-13(19-8)15-10-6-11(17)12(18)7-14(10)20-21-15/h4-7H,1-3H3,(H,20,21). The number of hydrogen-bond acceptors (Lipinski definition) is 3. The minimum absolute atomic E-state index is 0.151. The van der Waals surface area contributed by atoms with E-state index in [9.17, 15) is 13.6 Å². The average Bonchev–Trinajstić information content (AvgIpc) is 2.89. The molecule has 0 bridgehead atoms. The molecule has 2 heterocycles. The molecule has 0 unspecified atom stereocenters. The molecular weight excluding hydrogens is 302 g/mol. The molecule has 3 aromatic rings. The topological polar surface area (TPSA) is 61.9 Å². The third-order valence-corrected chi connectivity index (χ3v) is 3.57. The second kappa shape index (κ2) is 5.42. The maximum Gasteiger partial charge on any atom is 0.255 e. The van der Waals surface area contributed by atoms with E-state index in [-0.39, 0.29) is 5.91 Å². The Hall–Kier alpha value is -2.83. The fourth-order valence-corrected chi connectivity index (χ4v) is 2.37. The summed E-state index contributed by atoms with van der Waals surface area (Å²) in [5.41, 5.74) is 2.29. The molecule has 118 valence electrons. The van der Waals surface area contributed by atoms with Crippen LogP contribution < -0.4 is 0 Å². The predicted octanol–water partition coefficient (Wildman–Crippen LogP) is 2.91. The summed E-state index contributed by atoms with van der Waals surface area (Å²) in [6.07, 6.45) is 0. The van der Waals surface area contributed by atoms with Gasteiger partial charge in [0.2, 0.25) is 0 Å². The van der Waals surface area contributed by atoms with E-state index < -0.39 is 11.6 Å². The molecule has 5 nitrogen and oxygen atoms in total. The number of aromatic amines is 1. The molecule has 3 rings (SSSR count). The molecule has 0 saturated heterocycles. The number of hydrogen-bond donors (Lipinski definition) is 1. The van der Waals surface area contributed by atoms with Crippen LogP contribution in [0.2, 0.25) is 0 Å². The number of aromatic nitrogens is 3. The highest BCUT2D eigenvalue weighted by Gasteiger charge is 2.16. The first-order chi connectivity index (χ1) is 10.9. The lowest BCUT2D eigenvalue weighted by Gasteiger charge is -2.12. The van der Waals surface area contributed by atoms with E-state index in [1.807, 2.05) is 0 Å². The molecule has 0 fully saturated rings. The molecule has 1 N–H and O–H groups in total. The number of aryl methyl sites for hydroxylation is 1. The molecule has 2 aromatic heterocycles. The second-order valence-electron chi connectivity index (χ2n) is 5.41. The summed E-state index contributed by atoms with van der Waals surface area (Å²) in [5.74, 6) is -2.04. The second-order valence-corrected chi connectivity index (χ2v) is 5.41. The van der Waals surface area contributed by atoms with Crippen LogP contribution in [0.5, 0.6) is 0 Å². The third kappa shape index (κ3) is 2.54. The summed E-state index contributed by atoms with van der Waals surface area (Å²) in [6, 6.07) is 5.43. The van der Waals surface area contributed by atoms with Crippen molar-refractivity contribution in [2.24, 2.45) is 0 Å². The molecule has 0 aliphatic rings. The summed E-state index contributed by atoms with van der Waals surface area (Å²) in [5, 5.41) is 7.17. The number of carbonyl (C=O) groups is 1. The van der Waals surface area contributed by atoms with Crippen LogP contribution in [0.15, 0.2) is 24.3 Å². The van der Waals surface area contributed by atoms with Crippen LogP contribution >= 0.6 is 0 Å². The van der Waals surface area contributed by atoms with Gasteiger partial charge in [-0.25, -0.2) is 8.78 Å². The minimum Gasteiger partial charge on any atom is -0.345 e. The number of fused-ring (bicyclic) bond motifs is 1. The quantitative estimate of drug-likeness (QED) is 0.791. The smallest absolute Gasteiger partial charge is 0.255 e. The van der Waals surface area contributed by atoms with Gasteiger partial charge in [-0.1, -0.05) is 0 Å². The van der Waals surface area contributed by atoms with Crippen molar-refractivity contribution in [1.29, 1.82) is 0 Å². The van der Waals surface area contributed by atoms with Gasteiger partial charge >= 0.3 is 0 Å². The van der Waals surface area contributed by atoms with Gasteiger partial charge in [-0.05, 0) is 25.1 Å². The number of amides is 1. The van der Waals surface area contributed by atoms with Crippen LogP contribution in [0.4, 0.5) is 8.78 Å². The lowest BCUT2D eigenvalue weighted by Crippen LogP contribution is -2.22. The van der Waals surface area contributed by atoms with Gasteiger partial charge in [0.05, 0.1) is 22.5 Å². The highest BCUT2D eigenvalue weighted by atomic mass is 19.2. The van der Waals surface area contributed by atoms with Crippen LogP contribution in [-0.4, -0.2) is 40.1 Å². The fourth-order valence-electron chi connectivity index (χ4n) is 2.37. The maximum atomic E-state index is 13.5. The summed E-state index contributed by atoms with van der Waals surface area (Å²) in [4.78, 5) is 17.9. The molecule has 0 spiro atoms. The van der Waals surface area contributed by atoms with Gasteiger partial charge in [0.1, 0.15) is 5.69 Å². The van der Waals surface area contributed by atoms with Crippen molar-refractivity contribution in [2.45, 2.75) is 6.92 Å². The number of nitrogens with zero attached hydrogens (tertiary/aromatic N) is 3. The van der Waals surface area contributed by atoms with Crippen molar-refractivity contribution in [3.05, 3.63) is 47.2 Å². The number of halogens is 2. The zero-order valence-corrected chi connectivity index (χ0v) is 12.8. The van der Waals surface area contributed by atoms with Crippen molar-refractivity contribution in [1.82, 2.24) is 20.1 Å². The Morgan fingerprint density at radius 2 is 1.87 bits per heavy atom. The average molecular weight is 316 g/mol. The van der Waals surface area contributed by atoms with Gasteiger partial charge in [0.15, 0.2) is 11.6 Å². The molecule has 1 aromatic carbocycles. The lowest BCUT2D eigenvalue weighted by atomic mass is 10.1. The Kier molecular flexibility index (Phi) is 3.55. The van der Waals surface area contributed by atoms with Crippen LogP contribution in [0.25, 0.3) is 22.3 Å². The molecule has 7 heteroatoms. The van der Waals surface area contributed by atoms with Gasteiger partial charge in [0.25, 0.3) is 5.91 Å². The van der Waals surface area contributed by atoms with Crippen LogP contribution in [-0.2, 0) is 0 Å². The number of benzene rings is 1. The van der Waals surface area contributed by atoms with E-state index in [4.69, 9.17) is 0 Å². The molecule has 0 aliphatic heterocycles. The first-order valence-corrected chi connectivity index (χ1v) is 6.91. The predicted molar refractivity (Wildman–Crippen MR) is 82.0 cm³/mol. The molecule has 23 heavy (non-hydrogen) atoms. The third-order valence-electron chi connectivity index (χ3n) is 3.57. The summed E-state index contributed by atoms with van der Waals surface area (Å²) < 4.78 is 26.7. The van der Waals surface area contributed by atoms with Gasteiger partial charge in [-0.15, -0.1) is 0 Å². The largest absolute Gasteiger partial charge is 0.345 e. The van der Waals surface area contributed by atoms with Gasteiger partial charge in [-0.2, -0.15) is 5.10 Å². The van der Waals surface area contributed by atoms with Crippen molar-refractivity contribution >= 4 is 16.8 Å². The van der Waals surface area contributed by atoms with Crippen molar-refractivity contribution in [3.8, 4) is 11.4 Å². The molecule has 1 amide bonds. The number of nitrogens with one attached hydrogen (secondary N) is 1. The fraction of sp³-hybridized carbons (Fsp3) is 0.188. The zero-order valence-electron chi connectivity index (χ0n) is 12.8. The van der Waals surface area contributed by atoms with Crippen LogP contribution in [0.3, 0.4) is 0 Å². The maximum absolute atomic E-state index is 13.5. The first kappa shape index (κ1) is 15.1. The summed E-state index contributed by atoms with van der Waals surface area (Å²) in [6.45, 7) is 1.72. The Balaban J connectivity index is 2.11. The van der Waals surface area contributed by atoms with Crippen LogP contribution in [0.1, 0.15) is 16.1 Å². The SMILES string of the molecule is Cc1nc(-c2n[nH]c3cc(F)c(F)cc23)ccc1C(=O)N(C)C. The van der Waals surface area contributed by atoms with E-state index in [0.717, 1.165) is 12.1 Å². The molecular formula is C16H14F2N4O. The van der Waals surface area contributed by atoms with Crippen LogP contribution in [0, 0.1) is 18.6 Å². The summed E-state index contributed by atoms with van der Waals surface area (Å²) >= 11 is 0. The normalized spacial score (nSPS) is 11.0. The highest BCUT2D eigenvalue weighted by Crippen LogP contribution is 2.27. The number of H-pyrrole nitrogens is 1. The van der Waals surface area contributed by atoms with E-state index in [0.29, 0.717) is 33.5 Å². The lowest BCUT2D eigenvalue weighted by molar-refractivity contribution is 0.0826. The number of carbonyl (C=O) groups excluding carboxylic acids is 1. The Morgan fingerprint density at radius 3 is 2.52 bits per heavy atom. The van der Waals surface area contributed by atoms with Crippen molar-refractivity contribution in [2.75, 3.05) is 14.1 Å². The molecule has 0 saturated carbocycles. The van der Waals surface area contributed by atoms with Gasteiger partial charge in [-0.3, -0.25) is 14.9 Å². The molecule has 0 atom stereocenters. The minimum atomic E-state index is -0.948. The van der Waals surface area contributed by atoms with E-state index in [2.05, 4.69) is 15.2 Å². The Bertz CT molecular complexity index is 918. The zero-order chi connectivity index (χ0) is 16.7. The van der Waals surface area contributed by atoms with E-state index in [1.165, 1.54) is 4.90 Å². The highest BCUT2D eigenvalue weighted by molar-refractivity contribution is 5.96. The summed E-state index contributed by atoms with van der Waals surface area (Å²) in [7, 11) is 3.32. The molecule has 0 aliphatic carbocycles. The monoisotopic (exact) mass is 316 g/mol. The molecule has 0 radical (unpaired) electrons. The number of pyridine rings is 1. The van der Waals surface area contributed by atoms with E-state index >= 15 is 0 Å². The van der Waals surface area contributed by atoms with Gasteiger partial charge < -0.3 is 4.90 Å². The Morgan fingerprint density at radius 1 is 1.17 bits per heavy atom. The number of rotatable bonds is 2. The van der Waals surface area contributed by atoms with Crippen molar-refractivity contribution < 1.29 is 13.6 Å². The Labute approximate surface area is 130 Å². The van der Waals surface area contributed by atoms with Crippen molar-refractivity contribution in [3.63, 3.8) is 0 Å². The van der Waals surface area contributed by atoms with E-state index in [1.54, 1.807) is 33.2 Å². The first-order valence-electron chi connectivity index (χ1n) is 6.91. The van der Waals surface area contributed by atoms with Gasteiger partial charge in [0, 0.05) is 25.5 Å².